The van der Waals surface area contributed by atoms with E-state index in [0.29, 0.717) is 31.3 Å². The fraction of sp³-hybridized carbons (Fsp3) is 0.438. The molecule has 1 aromatic carbocycles. The summed E-state index contributed by atoms with van der Waals surface area (Å²) < 4.78 is 10.1. The van der Waals surface area contributed by atoms with Gasteiger partial charge in [-0.15, -0.1) is 0 Å². The van der Waals surface area contributed by atoms with Crippen molar-refractivity contribution in [3.63, 3.8) is 0 Å². The van der Waals surface area contributed by atoms with Crippen LogP contribution in [0.2, 0.25) is 5.02 Å². The summed E-state index contributed by atoms with van der Waals surface area (Å²) in [6.45, 7) is 1.41. The van der Waals surface area contributed by atoms with Gasteiger partial charge in [0.2, 0.25) is 5.91 Å². The molecule has 0 spiro atoms. The SMILES string of the molecule is CN(CC(=O)N1CCOCC1)C(=O)COC(=O)c1cc(Cl)ccc1N. The molecular weight excluding hydrogens is 350 g/mol. The fourth-order valence-corrected chi connectivity index (χ4v) is 2.40. The number of esters is 1. The number of nitrogens with two attached hydrogens (primary N) is 1. The molecule has 1 aliphatic heterocycles. The van der Waals surface area contributed by atoms with Gasteiger partial charge in [0.25, 0.3) is 5.91 Å². The molecule has 25 heavy (non-hydrogen) atoms. The summed E-state index contributed by atoms with van der Waals surface area (Å²) in [6, 6.07) is 4.40. The van der Waals surface area contributed by atoms with Gasteiger partial charge in [0.1, 0.15) is 0 Å². The topological polar surface area (TPSA) is 102 Å². The van der Waals surface area contributed by atoms with E-state index in [1.54, 1.807) is 11.0 Å². The minimum absolute atomic E-state index is 0.0876. The van der Waals surface area contributed by atoms with Crippen LogP contribution < -0.4 is 5.73 Å². The summed E-state index contributed by atoms with van der Waals surface area (Å²) in [4.78, 5) is 39.0. The number of anilines is 1. The van der Waals surface area contributed by atoms with Gasteiger partial charge in [-0.3, -0.25) is 9.59 Å². The van der Waals surface area contributed by atoms with Crippen LogP contribution in [-0.4, -0.2) is 74.1 Å². The first-order chi connectivity index (χ1) is 11.9. The molecule has 0 aromatic heterocycles. The van der Waals surface area contributed by atoms with Crippen LogP contribution in [0, 0.1) is 0 Å². The smallest absolute Gasteiger partial charge is 0.340 e. The second-order valence-electron chi connectivity index (χ2n) is 5.55. The lowest BCUT2D eigenvalue weighted by atomic mass is 10.2. The monoisotopic (exact) mass is 369 g/mol. The Bertz CT molecular complexity index is 661. The number of carbonyl (C=O) groups excluding carboxylic acids is 3. The molecular formula is C16H20ClN3O5. The minimum atomic E-state index is -0.749. The molecule has 9 heteroatoms. The molecule has 1 fully saturated rings. The molecule has 0 unspecified atom stereocenters. The quantitative estimate of drug-likeness (QED) is 0.595. The average Bonchev–Trinajstić information content (AvgIpc) is 2.62. The van der Waals surface area contributed by atoms with Gasteiger partial charge >= 0.3 is 5.97 Å². The molecule has 0 saturated carbocycles. The molecule has 136 valence electrons. The fourth-order valence-electron chi connectivity index (χ4n) is 2.22. The summed E-state index contributed by atoms with van der Waals surface area (Å²) in [5.41, 5.74) is 5.99. The van der Waals surface area contributed by atoms with Gasteiger partial charge in [-0.25, -0.2) is 4.79 Å². The van der Waals surface area contributed by atoms with Crippen molar-refractivity contribution < 1.29 is 23.9 Å². The third-order valence-corrected chi connectivity index (χ3v) is 3.96. The van der Waals surface area contributed by atoms with E-state index in [2.05, 4.69) is 0 Å². The maximum absolute atomic E-state index is 12.1. The number of rotatable bonds is 5. The maximum Gasteiger partial charge on any atom is 0.340 e. The van der Waals surface area contributed by atoms with Gasteiger partial charge in [-0.1, -0.05) is 11.6 Å². The number of halogens is 1. The maximum atomic E-state index is 12.1. The predicted molar refractivity (Wildman–Crippen MR) is 91.2 cm³/mol. The molecule has 1 saturated heterocycles. The molecule has 8 nitrogen and oxygen atoms in total. The largest absolute Gasteiger partial charge is 0.452 e. The lowest BCUT2D eigenvalue weighted by Crippen LogP contribution is -2.46. The first-order valence-corrected chi connectivity index (χ1v) is 8.08. The van der Waals surface area contributed by atoms with Crippen LogP contribution in [-0.2, 0) is 19.1 Å². The van der Waals surface area contributed by atoms with E-state index >= 15 is 0 Å². The standard InChI is InChI=1S/C16H20ClN3O5/c1-19(9-14(21)20-4-6-24-7-5-20)15(22)10-25-16(23)12-8-11(17)2-3-13(12)18/h2-3,8H,4-7,9-10,18H2,1H3. The van der Waals surface area contributed by atoms with Crippen LogP contribution in [0.3, 0.4) is 0 Å². The summed E-state index contributed by atoms with van der Waals surface area (Å²) in [5, 5.41) is 0.334. The molecule has 1 aliphatic rings. The summed E-state index contributed by atoms with van der Waals surface area (Å²) in [5.74, 6) is -1.42. The Morgan fingerprint density at radius 1 is 1.32 bits per heavy atom. The zero-order chi connectivity index (χ0) is 18.4. The first-order valence-electron chi connectivity index (χ1n) is 7.70. The van der Waals surface area contributed by atoms with Crippen LogP contribution in [0.5, 0.6) is 0 Å². The van der Waals surface area contributed by atoms with Gasteiger partial charge in [-0.2, -0.15) is 0 Å². The molecule has 2 N–H and O–H groups in total. The number of morpholine rings is 1. The zero-order valence-corrected chi connectivity index (χ0v) is 14.6. The number of likely N-dealkylation sites (N-methyl/N-ethyl adjacent to an activating group) is 1. The number of amides is 2. The molecule has 0 bridgehead atoms. The normalized spacial score (nSPS) is 14.1. The van der Waals surface area contributed by atoms with Crippen LogP contribution in [0.25, 0.3) is 0 Å². The van der Waals surface area contributed by atoms with Crippen molar-refractivity contribution in [2.75, 3.05) is 52.2 Å². The Morgan fingerprint density at radius 3 is 2.68 bits per heavy atom. The molecule has 1 heterocycles. The number of carbonyl (C=O) groups is 3. The van der Waals surface area contributed by atoms with Crippen molar-refractivity contribution in [3.05, 3.63) is 28.8 Å². The highest BCUT2D eigenvalue weighted by atomic mass is 35.5. The molecule has 2 rings (SSSR count). The third-order valence-electron chi connectivity index (χ3n) is 3.72. The summed E-state index contributed by atoms with van der Waals surface area (Å²) in [7, 11) is 1.47. The molecule has 1 aromatic rings. The van der Waals surface area contributed by atoms with E-state index in [1.165, 1.54) is 24.1 Å². The van der Waals surface area contributed by atoms with E-state index < -0.39 is 18.5 Å². The third kappa shape index (κ3) is 5.33. The van der Waals surface area contributed by atoms with E-state index in [0.717, 1.165) is 0 Å². The lowest BCUT2D eigenvalue weighted by Gasteiger charge is -2.28. The van der Waals surface area contributed by atoms with E-state index in [9.17, 15) is 14.4 Å². The Morgan fingerprint density at radius 2 is 2.00 bits per heavy atom. The van der Waals surface area contributed by atoms with E-state index in [4.69, 9.17) is 26.8 Å². The molecule has 2 amide bonds. The van der Waals surface area contributed by atoms with Gasteiger partial charge in [0.15, 0.2) is 6.61 Å². The van der Waals surface area contributed by atoms with Crippen molar-refractivity contribution in [2.24, 2.45) is 0 Å². The lowest BCUT2D eigenvalue weighted by molar-refractivity contribution is -0.143. The number of hydrogen-bond acceptors (Lipinski definition) is 6. The molecule has 0 atom stereocenters. The Kier molecular flexibility index (Phi) is 6.60. The van der Waals surface area contributed by atoms with Gasteiger partial charge in [0.05, 0.1) is 25.3 Å². The average molecular weight is 370 g/mol. The summed E-state index contributed by atoms with van der Waals surface area (Å²) in [6.07, 6.45) is 0. The minimum Gasteiger partial charge on any atom is -0.452 e. The van der Waals surface area contributed by atoms with Crippen LogP contribution in [0.1, 0.15) is 10.4 Å². The highest BCUT2D eigenvalue weighted by Crippen LogP contribution is 2.18. The Balaban J connectivity index is 1.83. The van der Waals surface area contributed by atoms with E-state index in [1.807, 2.05) is 0 Å². The molecule has 0 radical (unpaired) electrons. The Labute approximate surface area is 150 Å². The summed E-state index contributed by atoms with van der Waals surface area (Å²) >= 11 is 5.82. The van der Waals surface area contributed by atoms with Crippen molar-refractivity contribution >= 4 is 35.1 Å². The number of benzene rings is 1. The first kappa shape index (κ1) is 19.0. The van der Waals surface area contributed by atoms with Crippen molar-refractivity contribution in [1.82, 2.24) is 9.80 Å². The van der Waals surface area contributed by atoms with Crippen molar-refractivity contribution in [1.29, 1.82) is 0 Å². The van der Waals surface area contributed by atoms with Crippen molar-refractivity contribution in [2.45, 2.75) is 0 Å². The van der Waals surface area contributed by atoms with Crippen LogP contribution >= 0.6 is 11.6 Å². The number of nitrogen functional groups attached to an aromatic ring is 1. The second kappa shape index (κ2) is 8.68. The zero-order valence-electron chi connectivity index (χ0n) is 13.9. The number of ether oxygens (including phenoxy) is 2. The second-order valence-corrected chi connectivity index (χ2v) is 5.99. The number of nitrogens with zero attached hydrogens (tertiary/aromatic N) is 2. The highest BCUT2D eigenvalue weighted by molar-refractivity contribution is 6.31. The molecule has 0 aliphatic carbocycles. The Hall–Kier alpha value is -2.32. The highest BCUT2D eigenvalue weighted by Gasteiger charge is 2.21. The van der Waals surface area contributed by atoms with Crippen LogP contribution in [0.4, 0.5) is 5.69 Å². The van der Waals surface area contributed by atoms with Gasteiger partial charge in [0, 0.05) is 30.8 Å². The van der Waals surface area contributed by atoms with E-state index in [-0.39, 0.29) is 23.7 Å². The van der Waals surface area contributed by atoms with Gasteiger partial charge < -0.3 is 25.0 Å². The predicted octanol–water partition coefficient (Wildman–Crippen LogP) is 0.396. The van der Waals surface area contributed by atoms with Crippen molar-refractivity contribution in [3.8, 4) is 0 Å². The van der Waals surface area contributed by atoms with Crippen LogP contribution in [0.15, 0.2) is 18.2 Å². The van der Waals surface area contributed by atoms with Gasteiger partial charge in [-0.05, 0) is 18.2 Å². The number of hydrogen-bond donors (Lipinski definition) is 1.